The highest BCUT2D eigenvalue weighted by atomic mass is 32.2. The fraction of sp³-hybridized carbons (Fsp3) is 0.655. The van der Waals surface area contributed by atoms with Crippen LogP contribution in [0.3, 0.4) is 0 Å². The first kappa shape index (κ1) is 33.3. The van der Waals surface area contributed by atoms with E-state index in [-0.39, 0.29) is 29.6 Å². The highest BCUT2D eigenvalue weighted by Gasteiger charge is 2.34. The molecule has 0 unspecified atom stereocenters. The van der Waals surface area contributed by atoms with E-state index in [4.69, 9.17) is 9.47 Å². The first-order valence-electron chi connectivity index (χ1n) is 13.8. The van der Waals surface area contributed by atoms with Crippen molar-refractivity contribution in [3.63, 3.8) is 0 Å². The predicted octanol–water partition coefficient (Wildman–Crippen LogP) is 3.97. The lowest BCUT2D eigenvalue weighted by Crippen LogP contribution is -2.54. The van der Waals surface area contributed by atoms with Gasteiger partial charge >= 0.3 is 6.09 Å². The molecule has 1 aliphatic rings. The molecule has 0 radical (unpaired) electrons. The molecule has 4 amide bonds. The summed E-state index contributed by atoms with van der Waals surface area (Å²) >= 11 is 1.60. The topological polar surface area (TPSA) is 126 Å². The van der Waals surface area contributed by atoms with Crippen molar-refractivity contribution < 1.29 is 28.7 Å². The maximum absolute atomic E-state index is 13.3. The molecule has 3 N–H and O–H groups in total. The zero-order chi connectivity index (χ0) is 30.0. The molecule has 1 heterocycles. The number of carbonyl (C=O) groups excluding carboxylic acids is 4. The average molecular weight is 579 g/mol. The normalized spacial score (nSPS) is 15.7. The standard InChI is InChI=1S/C29H46N4O6S/c1-18(2)24(26(35)30-22-17-19(3)9-10-23(22)38-7)32-25(34)20-11-14-33(15-12-20)27(36)21(13-16-40-8)31-28(37)39-29(4,5)6/h9-10,17-18,20-21,24H,11-16H2,1-8H3,(H,30,35)(H,31,37)(H,32,34)/t21-,24-/m0/s1. The summed E-state index contributed by atoms with van der Waals surface area (Å²) in [5, 5.41) is 8.55. The molecule has 2 atom stereocenters. The lowest BCUT2D eigenvalue weighted by molar-refractivity contribution is -0.138. The molecule has 1 aromatic rings. The van der Waals surface area contributed by atoms with Crippen molar-refractivity contribution in [2.45, 2.75) is 78.5 Å². The van der Waals surface area contributed by atoms with Crippen LogP contribution in [-0.4, -0.2) is 78.6 Å². The van der Waals surface area contributed by atoms with E-state index in [1.807, 2.05) is 39.2 Å². The lowest BCUT2D eigenvalue weighted by Gasteiger charge is -2.35. The number of nitrogens with zero attached hydrogens (tertiary/aromatic N) is 1. The number of benzene rings is 1. The van der Waals surface area contributed by atoms with Crippen molar-refractivity contribution in [2.24, 2.45) is 11.8 Å². The number of anilines is 1. The largest absolute Gasteiger partial charge is 0.495 e. The molecular formula is C29H46N4O6S. The van der Waals surface area contributed by atoms with Crippen molar-refractivity contribution >= 4 is 41.3 Å². The number of carbonyl (C=O) groups is 4. The minimum atomic E-state index is -0.730. The van der Waals surface area contributed by atoms with Gasteiger partial charge in [-0.3, -0.25) is 14.4 Å². The van der Waals surface area contributed by atoms with Crippen molar-refractivity contribution in [3.05, 3.63) is 23.8 Å². The van der Waals surface area contributed by atoms with Crippen LogP contribution in [0.15, 0.2) is 18.2 Å². The molecule has 0 spiro atoms. The van der Waals surface area contributed by atoms with Crippen LogP contribution in [0.25, 0.3) is 0 Å². The fourth-order valence-corrected chi connectivity index (χ4v) is 4.93. The van der Waals surface area contributed by atoms with E-state index < -0.39 is 23.8 Å². The zero-order valence-corrected chi connectivity index (χ0v) is 25.9. The third-order valence-corrected chi connectivity index (χ3v) is 7.28. The first-order chi connectivity index (χ1) is 18.7. The molecule has 10 nitrogen and oxygen atoms in total. The van der Waals surface area contributed by atoms with Gasteiger partial charge in [-0.1, -0.05) is 19.9 Å². The monoisotopic (exact) mass is 578 g/mol. The lowest BCUT2D eigenvalue weighted by atomic mass is 9.93. The third-order valence-electron chi connectivity index (χ3n) is 6.64. The number of amides is 4. The van der Waals surface area contributed by atoms with Crippen LogP contribution >= 0.6 is 11.8 Å². The van der Waals surface area contributed by atoms with Crippen LogP contribution in [0, 0.1) is 18.8 Å². The Morgan fingerprint density at radius 2 is 1.75 bits per heavy atom. The summed E-state index contributed by atoms with van der Waals surface area (Å²) in [7, 11) is 1.54. The van der Waals surface area contributed by atoms with Crippen molar-refractivity contribution in [3.8, 4) is 5.75 Å². The van der Waals surface area contributed by atoms with Crippen molar-refractivity contribution in [1.29, 1.82) is 0 Å². The van der Waals surface area contributed by atoms with Gasteiger partial charge in [0, 0.05) is 19.0 Å². The summed E-state index contributed by atoms with van der Waals surface area (Å²) in [5.41, 5.74) is 0.856. The van der Waals surface area contributed by atoms with E-state index in [0.717, 1.165) is 5.56 Å². The number of ether oxygens (including phenoxy) is 2. The molecule has 1 aliphatic heterocycles. The maximum Gasteiger partial charge on any atom is 0.408 e. The third kappa shape index (κ3) is 10.2. The minimum absolute atomic E-state index is 0.141. The summed E-state index contributed by atoms with van der Waals surface area (Å²) in [6.07, 6.45) is 2.74. The van der Waals surface area contributed by atoms with E-state index in [1.165, 1.54) is 7.11 Å². The number of nitrogens with one attached hydrogen (secondary N) is 3. The van der Waals surface area contributed by atoms with Crippen LogP contribution in [0.2, 0.25) is 0 Å². The van der Waals surface area contributed by atoms with Gasteiger partial charge in [0.15, 0.2) is 0 Å². The Morgan fingerprint density at radius 1 is 1.10 bits per heavy atom. The number of hydrogen-bond donors (Lipinski definition) is 3. The van der Waals surface area contributed by atoms with Crippen LogP contribution < -0.4 is 20.7 Å². The highest BCUT2D eigenvalue weighted by molar-refractivity contribution is 7.98. The molecule has 11 heteroatoms. The average Bonchev–Trinajstić information content (AvgIpc) is 2.88. The van der Waals surface area contributed by atoms with Crippen molar-refractivity contribution in [2.75, 3.05) is 37.5 Å². The molecule has 0 aromatic heterocycles. The summed E-state index contributed by atoms with van der Waals surface area (Å²) in [6, 6.07) is 4.09. The molecule has 2 rings (SSSR count). The van der Waals surface area contributed by atoms with Gasteiger partial charge in [0.25, 0.3) is 0 Å². The molecule has 0 aliphatic carbocycles. The fourth-order valence-electron chi connectivity index (χ4n) is 4.46. The van der Waals surface area contributed by atoms with Crippen molar-refractivity contribution in [1.82, 2.24) is 15.5 Å². The first-order valence-corrected chi connectivity index (χ1v) is 15.2. The number of alkyl carbamates (subject to hydrolysis) is 1. The molecule has 0 bridgehead atoms. The van der Waals surface area contributed by atoms with Gasteiger partial charge < -0.3 is 30.3 Å². The van der Waals surface area contributed by atoms with E-state index in [0.29, 0.717) is 49.5 Å². The van der Waals surface area contributed by atoms with Gasteiger partial charge in [-0.05, 0) is 82.6 Å². The number of thioether (sulfide) groups is 1. The van der Waals surface area contributed by atoms with Gasteiger partial charge in [-0.25, -0.2) is 4.79 Å². The molecule has 1 saturated heterocycles. The molecule has 40 heavy (non-hydrogen) atoms. The van der Waals surface area contributed by atoms with Crippen LogP contribution in [0.4, 0.5) is 10.5 Å². The Hall–Kier alpha value is -2.95. The van der Waals surface area contributed by atoms with Gasteiger partial charge in [0.05, 0.1) is 12.8 Å². The number of methoxy groups -OCH3 is 1. The van der Waals surface area contributed by atoms with Gasteiger partial charge in [-0.2, -0.15) is 11.8 Å². The number of piperidine rings is 1. The SMILES string of the molecule is COc1ccc(C)cc1NC(=O)[C@@H](NC(=O)C1CCN(C(=O)[C@H](CCSC)NC(=O)OC(C)(C)C)CC1)C(C)C. The minimum Gasteiger partial charge on any atom is -0.495 e. The second-order valence-electron chi connectivity index (χ2n) is 11.5. The highest BCUT2D eigenvalue weighted by Crippen LogP contribution is 2.26. The van der Waals surface area contributed by atoms with Gasteiger partial charge in [-0.15, -0.1) is 0 Å². The van der Waals surface area contributed by atoms with Gasteiger partial charge in [0.2, 0.25) is 17.7 Å². The maximum atomic E-state index is 13.3. The number of rotatable bonds is 11. The second kappa shape index (κ2) is 15.2. The summed E-state index contributed by atoms with van der Waals surface area (Å²) < 4.78 is 10.7. The Balaban J connectivity index is 1.99. The van der Waals surface area contributed by atoms with E-state index in [1.54, 1.807) is 43.5 Å². The second-order valence-corrected chi connectivity index (χ2v) is 12.5. The smallest absolute Gasteiger partial charge is 0.408 e. The zero-order valence-electron chi connectivity index (χ0n) is 25.1. The number of aryl methyl sites for hydroxylation is 1. The Morgan fingerprint density at radius 3 is 2.30 bits per heavy atom. The predicted molar refractivity (Wildman–Crippen MR) is 159 cm³/mol. The van der Waals surface area contributed by atoms with E-state index in [9.17, 15) is 19.2 Å². The summed E-state index contributed by atoms with van der Waals surface area (Å²) in [4.78, 5) is 53.6. The Labute approximate surface area is 242 Å². The van der Waals surface area contributed by atoms with Crippen LogP contribution in [-0.2, 0) is 19.1 Å². The van der Waals surface area contributed by atoms with Gasteiger partial charge in [0.1, 0.15) is 23.4 Å². The van der Waals surface area contributed by atoms with Crippen LogP contribution in [0.1, 0.15) is 59.4 Å². The summed E-state index contributed by atoms with van der Waals surface area (Å²) in [6.45, 7) is 11.8. The molecule has 1 aromatic carbocycles. The quantitative estimate of drug-likeness (QED) is 0.363. The van der Waals surface area contributed by atoms with E-state index >= 15 is 0 Å². The Kier molecular flexibility index (Phi) is 12.6. The molecular weight excluding hydrogens is 532 g/mol. The number of hydrogen-bond acceptors (Lipinski definition) is 7. The number of likely N-dealkylation sites (tertiary alicyclic amines) is 1. The van der Waals surface area contributed by atoms with E-state index in [2.05, 4.69) is 16.0 Å². The Bertz CT molecular complexity index is 1030. The molecule has 0 saturated carbocycles. The molecule has 224 valence electrons. The summed E-state index contributed by atoms with van der Waals surface area (Å²) in [5.74, 6) is 0.0884. The molecule has 1 fully saturated rings. The van der Waals surface area contributed by atoms with Crippen LogP contribution in [0.5, 0.6) is 5.75 Å².